The van der Waals surface area contributed by atoms with E-state index in [0.717, 1.165) is 61.0 Å². The lowest BCUT2D eigenvalue weighted by atomic mass is 10.1. The highest BCUT2D eigenvalue weighted by atomic mass is 16.5. The number of carbonyl (C=O) groups is 1. The van der Waals surface area contributed by atoms with Gasteiger partial charge in [-0.25, -0.2) is 9.67 Å². The van der Waals surface area contributed by atoms with Crippen LogP contribution in [0, 0.1) is 0 Å². The van der Waals surface area contributed by atoms with Crippen molar-refractivity contribution in [3.05, 3.63) is 60.4 Å². The van der Waals surface area contributed by atoms with Gasteiger partial charge in [-0.05, 0) is 63.2 Å². The van der Waals surface area contributed by atoms with Crippen LogP contribution in [0.15, 0.2) is 54.9 Å². The van der Waals surface area contributed by atoms with Crippen LogP contribution < -0.4 is 9.80 Å². The van der Waals surface area contributed by atoms with Crippen molar-refractivity contribution >= 4 is 29.0 Å². The fourth-order valence-corrected chi connectivity index (χ4v) is 4.43. The molecule has 0 spiro atoms. The molecule has 1 saturated heterocycles. The Balaban J connectivity index is 0.000000374. The molecular weight excluding hydrogens is 478 g/mol. The van der Waals surface area contributed by atoms with Gasteiger partial charge in [-0.1, -0.05) is 18.2 Å². The van der Waals surface area contributed by atoms with Crippen LogP contribution in [0.5, 0.6) is 0 Å². The summed E-state index contributed by atoms with van der Waals surface area (Å²) in [5, 5.41) is 4.23. The van der Waals surface area contributed by atoms with Gasteiger partial charge in [-0.3, -0.25) is 9.78 Å². The maximum absolute atomic E-state index is 9.60. The number of nitrogens with zero attached hydrogens (tertiary/aromatic N) is 7. The topological polar surface area (TPSA) is 79.6 Å². The molecule has 4 heterocycles. The Labute approximate surface area is 223 Å². The van der Waals surface area contributed by atoms with E-state index in [-0.39, 0.29) is 5.60 Å². The van der Waals surface area contributed by atoms with Crippen LogP contribution >= 0.6 is 0 Å². The fraction of sp³-hybridized carbons (Fsp3) is 0.379. The molecule has 0 atom stereocenters. The number of hydrogen-bond acceptors (Lipinski definition) is 8. The van der Waals surface area contributed by atoms with Crippen LogP contribution in [-0.4, -0.2) is 77.0 Å². The molecule has 0 unspecified atom stereocenters. The summed E-state index contributed by atoms with van der Waals surface area (Å²) in [6, 6.07) is 15.1. The lowest BCUT2D eigenvalue weighted by molar-refractivity contribution is -0.138. The SMILES string of the molecule is CC(C)(C)OC=O.CN1CCN(c2cccc(CN(C)c3cnc4cc(-c5cn6nc5-6)ccc4n3)c2)CC1. The Hall–Kier alpha value is -3.98. The molecule has 3 aliphatic heterocycles. The highest BCUT2D eigenvalue weighted by Crippen LogP contribution is 2.35. The van der Waals surface area contributed by atoms with Crippen molar-refractivity contribution in [3.63, 3.8) is 0 Å². The van der Waals surface area contributed by atoms with E-state index < -0.39 is 0 Å². The van der Waals surface area contributed by atoms with E-state index >= 15 is 0 Å². The van der Waals surface area contributed by atoms with E-state index in [9.17, 15) is 4.79 Å². The molecule has 0 saturated carbocycles. The van der Waals surface area contributed by atoms with Gasteiger partial charge in [-0.15, -0.1) is 5.10 Å². The Bertz CT molecular complexity index is 1430. The van der Waals surface area contributed by atoms with Gasteiger partial charge in [0.15, 0.2) is 5.82 Å². The Morgan fingerprint density at radius 2 is 1.84 bits per heavy atom. The first-order valence-electron chi connectivity index (χ1n) is 12.9. The first kappa shape index (κ1) is 25.7. The number of hydrogen-bond donors (Lipinski definition) is 0. The highest BCUT2D eigenvalue weighted by Gasteiger charge is 2.25. The van der Waals surface area contributed by atoms with Gasteiger partial charge in [0, 0.05) is 57.2 Å². The van der Waals surface area contributed by atoms with Gasteiger partial charge >= 0.3 is 0 Å². The monoisotopic (exact) mass is 513 g/mol. The van der Waals surface area contributed by atoms with Crippen molar-refractivity contribution in [2.24, 2.45) is 0 Å². The molecule has 3 aliphatic rings. The Kier molecular flexibility index (Phi) is 7.03. The number of aromatic nitrogens is 4. The van der Waals surface area contributed by atoms with Crippen molar-refractivity contribution in [2.75, 3.05) is 50.1 Å². The van der Waals surface area contributed by atoms with E-state index in [2.05, 4.69) is 86.1 Å². The van der Waals surface area contributed by atoms with Crippen LogP contribution in [-0.2, 0) is 16.1 Å². The molecule has 0 bridgehead atoms. The van der Waals surface area contributed by atoms with Crippen molar-refractivity contribution in [1.82, 2.24) is 24.6 Å². The standard InChI is InChI=1S/C24H25N7.C5H10O2/c1-28-8-10-30(11-9-28)19-5-3-4-17(12-19)15-29(2)23-14-25-22-13-18(6-7-21(22)26-23)20-16-31-24(20)27-31;1-5(2,3)7-4-6/h3-7,12-14,16H,8-11,15H2,1-2H3;4H,1-3H3. The van der Waals surface area contributed by atoms with Crippen molar-refractivity contribution in [2.45, 2.75) is 32.9 Å². The maximum atomic E-state index is 9.60. The van der Waals surface area contributed by atoms with Crippen LogP contribution in [0.4, 0.5) is 11.5 Å². The third-order valence-corrected chi connectivity index (χ3v) is 6.70. The van der Waals surface area contributed by atoms with E-state index in [1.54, 1.807) is 0 Å². The molecule has 198 valence electrons. The smallest absolute Gasteiger partial charge is 0.293 e. The lowest BCUT2D eigenvalue weighted by Crippen LogP contribution is -2.44. The molecule has 3 aromatic rings. The zero-order valence-corrected chi connectivity index (χ0v) is 22.8. The average Bonchev–Trinajstić information content (AvgIpc) is 3.52. The summed E-state index contributed by atoms with van der Waals surface area (Å²) in [6.45, 7) is 11.1. The fourth-order valence-electron chi connectivity index (χ4n) is 4.43. The van der Waals surface area contributed by atoms with Crippen molar-refractivity contribution in [3.8, 4) is 16.9 Å². The summed E-state index contributed by atoms with van der Waals surface area (Å²) in [4.78, 5) is 26.2. The van der Waals surface area contributed by atoms with Crippen LogP contribution in [0.3, 0.4) is 0 Å². The molecular formula is C29H35N7O2. The molecule has 9 heteroatoms. The molecule has 9 nitrogen and oxygen atoms in total. The normalized spacial score (nSPS) is 14.6. The third-order valence-electron chi connectivity index (χ3n) is 6.70. The van der Waals surface area contributed by atoms with E-state index in [1.807, 2.05) is 37.8 Å². The Morgan fingerprint density at radius 3 is 2.47 bits per heavy atom. The minimum Gasteiger partial charge on any atom is -0.462 e. The number of carbonyl (C=O) groups excluding carboxylic acids is 1. The molecule has 2 aromatic carbocycles. The second-order valence-electron chi connectivity index (χ2n) is 10.9. The largest absolute Gasteiger partial charge is 0.462 e. The van der Waals surface area contributed by atoms with Gasteiger partial charge in [0.1, 0.15) is 11.4 Å². The highest BCUT2D eigenvalue weighted by molar-refractivity contribution is 5.85. The lowest BCUT2D eigenvalue weighted by Gasteiger charge is -2.34. The minimum atomic E-state index is -0.318. The first-order valence-corrected chi connectivity index (χ1v) is 12.9. The van der Waals surface area contributed by atoms with Crippen molar-refractivity contribution < 1.29 is 9.53 Å². The predicted molar refractivity (Wildman–Crippen MR) is 151 cm³/mol. The van der Waals surface area contributed by atoms with Gasteiger partial charge < -0.3 is 19.4 Å². The second kappa shape index (κ2) is 10.4. The predicted octanol–water partition coefficient (Wildman–Crippen LogP) is 4.14. The zero-order valence-electron chi connectivity index (χ0n) is 22.8. The summed E-state index contributed by atoms with van der Waals surface area (Å²) in [6.07, 6.45) is 3.91. The zero-order chi connectivity index (χ0) is 26.9. The minimum absolute atomic E-state index is 0.318. The molecule has 0 aliphatic carbocycles. The number of benzene rings is 2. The second-order valence-corrected chi connectivity index (χ2v) is 10.9. The number of rotatable bonds is 6. The number of ether oxygens (including phenoxy) is 1. The quantitative estimate of drug-likeness (QED) is 0.314. The molecule has 38 heavy (non-hydrogen) atoms. The number of fused-ring (bicyclic) bond motifs is 2. The van der Waals surface area contributed by atoms with E-state index in [4.69, 9.17) is 4.98 Å². The molecule has 1 fully saturated rings. The van der Waals surface area contributed by atoms with Gasteiger partial charge in [0.05, 0.1) is 17.2 Å². The maximum Gasteiger partial charge on any atom is 0.293 e. The van der Waals surface area contributed by atoms with Crippen LogP contribution in [0.1, 0.15) is 26.3 Å². The summed E-state index contributed by atoms with van der Waals surface area (Å²) in [5.74, 6) is 1.95. The summed E-state index contributed by atoms with van der Waals surface area (Å²) in [5.41, 5.74) is 6.42. The molecule has 6 rings (SSSR count). The van der Waals surface area contributed by atoms with Gasteiger partial charge in [0.2, 0.25) is 0 Å². The molecule has 0 N–H and O–H groups in total. The van der Waals surface area contributed by atoms with Gasteiger partial charge in [-0.2, -0.15) is 0 Å². The summed E-state index contributed by atoms with van der Waals surface area (Å²) >= 11 is 0. The summed E-state index contributed by atoms with van der Waals surface area (Å²) < 4.78 is 6.44. The first-order chi connectivity index (χ1) is 18.2. The van der Waals surface area contributed by atoms with E-state index in [0.29, 0.717) is 6.47 Å². The molecule has 1 aromatic heterocycles. The number of likely N-dealkylation sites (N-methyl/N-ethyl adjacent to an activating group) is 1. The van der Waals surface area contributed by atoms with Gasteiger partial charge in [0.25, 0.3) is 6.47 Å². The van der Waals surface area contributed by atoms with Crippen LogP contribution in [0.2, 0.25) is 0 Å². The Morgan fingerprint density at radius 1 is 1.05 bits per heavy atom. The van der Waals surface area contributed by atoms with Crippen molar-refractivity contribution in [1.29, 1.82) is 0 Å². The summed E-state index contributed by atoms with van der Waals surface area (Å²) in [7, 11) is 4.26. The van der Waals surface area contributed by atoms with Crippen LogP contribution in [0.25, 0.3) is 28.0 Å². The molecule has 0 amide bonds. The number of piperazine rings is 1. The average molecular weight is 514 g/mol. The third kappa shape index (κ3) is 5.94. The van der Waals surface area contributed by atoms with E-state index in [1.165, 1.54) is 16.8 Å². The molecule has 0 radical (unpaired) electrons. The number of anilines is 2.